The Labute approximate surface area is 213 Å². The number of hydrogen-bond donors (Lipinski definition) is 1. The second-order valence-electron chi connectivity index (χ2n) is 7.48. The summed E-state index contributed by atoms with van der Waals surface area (Å²) in [6.45, 7) is 4.08. The van der Waals surface area contributed by atoms with E-state index in [1.807, 2.05) is 24.3 Å². The molecule has 0 amide bonds. The molecular formula is C25H21BrF3N3O4. The zero-order valence-corrected chi connectivity index (χ0v) is 20.6. The first kappa shape index (κ1) is 26.7. The highest BCUT2D eigenvalue weighted by Crippen LogP contribution is 2.36. The summed E-state index contributed by atoms with van der Waals surface area (Å²) in [5.41, 5.74) is 2.68. The van der Waals surface area contributed by atoms with Crippen LogP contribution < -0.4 is 14.9 Å². The van der Waals surface area contributed by atoms with Crippen molar-refractivity contribution in [2.24, 2.45) is 5.10 Å². The zero-order valence-electron chi connectivity index (χ0n) is 19.0. The second-order valence-corrected chi connectivity index (χ2v) is 8.39. The lowest BCUT2D eigenvalue weighted by atomic mass is 10.1. The highest BCUT2D eigenvalue weighted by molar-refractivity contribution is 9.10. The molecule has 0 fully saturated rings. The number of nitrogens with zero attached hydrogens (tertiary/aromatic N) is 2. The van der Waals surface area contributed by atoms with E-state index in [1.165, 1.54) is 13.3 Å². The van der Waals surface area contributed by atoms with Crippen LogP contribution in [0.2, 0.25) is 0 Å². The number of methoxy groups -OCH3 is 1. The van der Waals surface area contributed by atoms with Crippen LogP contribution in [0, 0.1) is 10.1 Å². The van der Waals surface area contributed by atoms with Gasteiger partial charge in [-0.2, -0.15) is 18.3 Å². The molecule has 7 nitrogen and oxygen atoms in total. The van der Waals surface area contributed by atoms with Gasteiger partial charge in [-0.25, -0.2) is 0 Å². The Morgan fingerprint density at radius 3 is 2.50 bits per heavy atom. The maximum atomic E-state index is 12.9. The second kappa shape index (κ2) is 11.7. The van der Waals surface area contributed by atoms with Crippen molar-refractivity contribution in [2.75, 3.05) is 12.5 Å². The molecule has 0 heterocycles. The summed E-state index contributed by atoms with van der Waals surface area (Å²) in [5.74, 6) is 0.970. The van der Waals surface area contributed by atoms with Gasteiger partial charge in [0.15, 0.2) is 11.5 Å². The number of ether oxygens (including phenoxy) is 2. The van der Waals surface area contributed by atoms with Crippen LogP contribution in [0.5, 0.6) is 11.5 Å². The van der Waals surface area contributed by atoms with E-state index in [4.69, 9.17) is 9.47 Å². The molecule has 188 valence electrons. The van der Waals surface area contributed by atoms with E-state index in [1.54, 1.807) is 18.2 Å². The largest absolute Gasteiger partial charge is 0.493 e. The molecule has 11 heteroatoms. The zero-order chi connectivity index (χ0) is 26.3. The molecule has 3 aromatic rings. The highest BCUT2D eigenvalue weighted by atomic mass is 79.9. The van der Waals surface area contributed by atoms with E-state index in [-0.39, 0.29) is 5.69 Å². The minimum Gasteiger partial charge on any atom is -0.493 e. The van der Waals surface area contributed by atoms with Gasteiger partial charge in [-0.1, -0.05) is 34.1 Å². The molecule has 0 spiro atoms. The van der Waals surface area contributed by atoms with Crippen LogP contribution in [0.25, 0.3) is 0 Å². The van der Waals surface area contributed by atoms with Gasteiger partial charge in [0, 0.05) is 16.1 Å². The summed E-state index contributed by atoms with van der Waals surface area (Å²) in [7, 11) is 1.49. The number of halogens is 4. The average Bonchev–Trinajstić information content (AvgIpc) is 2.83. The molecule has 0 aliphatic rings. The number of alkyl halides is 3. The van der Waals surface area contributed by atoms with E-state index < -0.39 is 22.4 Å². The number of rotatable bonds is 10. The van der Waals surface area contributed by atoms with E-state index >= 15 is 0 Å². The molecule has 0 atom stereocenters. The summed E-state index contributed by atoms with van der Waals surface area (Å²) in [4.78, 5) is 10.3. The van der Waals surface area contributed by atoms with Crippen molar-refractivity contribution in [1.29, 1.82) is 0 Å². The Kier molecular flexibility index (Phi) is 8.70. The van der Waals surface area contributed by atoms with Crippen LogP contribution in [0.1, 0.15) is 22.3 Å². The van der Waals surface area contributed by atoms with Gasteiger partial charge in [0.2, 0.25) is 0 Å². The van der Waals surface area contributed by atoms with E-state index in [0.29, 0.717) is 36.2 Å². The van der Waals surface area contributed by atoms with Crippen molar-refractivity contribution in [3.05, 3.63) is 104 Å². The van der Waals surface area contributed by atoms with Crippen molar-refractivity contribution in [1.82, 2.24) is 0 Å². The molecule has 0 bridgehead atoms. The summed E-state index contributed by atoms with van der Waals surface area (Å²) >= 11 is 3.39. The molecular weight excluding hydrogens is 543 g/mol. The number of anilines is 1. The van der Waals surface area contributed by atoms with Gasteiger partial charge in [0.05, 0.1) is 23.8 Å². The van der Waals surface area contributed by atoms with Gasteiger partial charge in [0.1, 0.15) is 12.3 Å². The molecule has 36 heavy (non-hydrogen) atoms. The van der Waals surface area contributed by atoms with Crippen molar-refractivity contribution in [2.45, 2.75) is 19.2 Å². The smallest absolute Gasteiger partial charge is 0.416 e. The molecule has 3 rings (SSSR count). The first-order valence-corrected chi connectivity index (χ1v) is 11.3. The lowest BCUT2D eigenvalue weighted by Crippen LogP contribution is -2.06. The van der Waals surface area contributed by atoms with Crippen molar-refractivity contribution < 1.29 is 27.6 Å². The molecule has 0 unspecified atom stereocenters. The molecule has 0 aliphatic carbocycles. The van der Waals surface area contributed by atoms with Crippen LogP contribution in [-0.4, -0.2) is 18.2 Å². The van der Waals surface area contributed by atoms with Crippen molar-refractivity contribution in [3.8, 4) is 11.5 Å². The number of allylic oxidation sites excluding steroid dienone is 1. The SMILES string of the molecule is C=CCc1cc(/C=N\Nc2ccc(C(F)(F)F)cc2[N+](=O)[O-])cc(OC)c1OCc1ccc(Br)cc1. The minimum atomic E-state index is -4.70. The van der Waals surface area contributed by atoms with E-state index in [2.05, 4.69) is 33.0 Å². The Hall–Kier alpha value is -3.86. The van der Waals surface area contributed by atoms with Crippen LogP contribution in [-0.2, 0) is 19.2 Å². The van der Waals surface area contributed by atoms with Gasteiger partial charge in [-0.05, 0) is 53.9 Å². The van der Waals surface area contributed by atoms with E-state index in [0.717, 1.165) is 27.7 Å². The fourth-order valence-electron chi connectivity index (χ4n) is 3.25. The Bertz CT molecular complexity index is 1280. The van der Waals surface area contributed by atoms with E-state index in [9.17, 15) is 23.3 Å². The first-order chi connectivity index (χ1) is 17.1. The Morgan fingerprint density at radius 2 is 1.89 bits per heavy atom. The van der Waals surface area contributed by atoms with Crippen molar-refractivity contribution in [3.63, 3.8) is 0 Å². The topological polar surface area (TPSA) is 86.0 Å². The lowest BCUT2D eigenvalue weighted by molar-refractivity contribution is -0.384. The third-order valence-corrected chi connectivity index (χ3v) is 5.48. The third kappa shape index (κ3) is 6.85. The Balaban J connectivity index is 1.84. The maximum absolute atomic E-state index is 12.9. The molecule has 0 radical (unpaired) electrons. The van der Waals surface area contributed by atoms with Crippen LogP contribution in [0.3, 0.4) is 0 Å². The number of nitro benzene ring substituents is 1. The van der Waals surface area contributed by atoms with Gasteiger partial charge < -0.3 is 9.47 Å². The monoisotopic (exact) mass is 563 g/mol. The van der Waals surface area contributed by atoms with Crippen LogP contribution >= 0.6 is 15.9 Å². The molecule has 3 aromatic carbocycles. The van der Waals surface area contributed by atoms with Gasteiger partial charge in [-0.15, -0.1) is 6.58 Å². The third-order valence-electron chi connectivity index (χ3n) is 4.96. The van der Waals surface area contributed by atoms with Gasteiger partial charge in [0.25, 0.3) is 5.69 Å². The lowest BCUT2D eigenvalue weighted by Gasteiger charge is -2.16. The molecule has 0 aromatic heterocycles. The first-order valence-electron chi connectivity index (χ1n) is 10.5. The van der Waals surface area contributed by atoms with Gasteiger partial charge >= 0.3 is 6.18 Å². The maximum Gasteiger partial charge on any atom is 0.416 e. The fraction of sp³-hybridized carbons (Fsp3) is 0.160. The quantitative estimate of drug-likeness (QED) is 0.123. The summed E-state index contributed by atoms with van der Waals surface area (Å²) < 4.78 is 51.2. The number of nitrogens with one attached hydrogen (secondary N) is 1. The minimum absolute atomic E-state index is 0.183. The fourth-order valence-corrected chi connectivity index (χ4v) is 3.51. The molecule has 0 aliphatic heterocycles. The number of nitro groups is 1. The molecule has 0 saturated carbocycles. The molecule has 0 saturated heterocycles. The van der Waals surface area contributed by atoms with Crippen molar-refractivity contribution >= 4 is 33.5 Å². The predicted octanol–water partition coefficient (Wildman–Crippen LogP) is 7.14. The van der Waals surface area contributed by atoms with Crippen LogP contribution in [0.4, 0.5) is 24.5 Å². The van der Waals surface area contributed by atoms with Crippen LogP contribution in [0.15, 0.2) is 76.8 Å². The standard InChI is InChI=1S/C25H21BrF3N3O4/c1-3-4-18-11-17(12-23(35-2)24(18)36-15-16-5-8-20(26)9-6-16)14-30-31-21-10-7-19(25(27,28)29)13-22(21)32(33)34/h3,5-14,31H,1,4,15H2,2H3/b30-14-. The summed E-state index contributed by atoms with van der Waals surface area (Å²) in [5, 5.41) is 15.2. The number of benzene rings is 3. The normalized spacial score (nSPS) is 11.4. The van der Waals surface area contributed by atoms with Gasteiger partial charge in [-0.3, -0.25) is 15.5 Å². The highest BCUT2D eigenvalue weighted by Gasteiger charge is 2.33. The summed E-state index contributed by atoms with van der Waals surface area (Å²) in [6.07, 6.45) is -1.17. The summed E-state index contributed by atoms with van der Waals surface area (Å²) in [6, 6.07) is 13.3. The number of hydrogen-bond acceptors (Lipinski definition) is 6. The average molecular weight is 564 g/mol. The molecule has 1 N–H and O–H groups in total. The predicted molar refractivity (Wildman–Crippen MR) is 135 cm³/mol. The Morgan fingerprint density at radius 1 is 1.17 bits per heavy atom. The number of hydrazone groups is 1.